The van der Waals surface area contributed by atoms with E-state index >= 15 is 0 Å². The number of ether oxygens (including phenoxy) is 1. The quantitative estimate of drug-likeness (QED) is 0.454. The SMILES string of the molecule is CN(C)CCOc1cncc(-c2cnc3n[nH]c(-c4cc5ccncc5[nH]4)c3c2)c1. The molecule has 0 saturated carbocycles. The Bertz CT molecular complexity index is 1290. The number of rotatable bonds is 6. The van der Waals surface area contributed by atoms with Crippen LogP contribution in [-0.2, 0) is 0 Å². The summed E-state index contributed by atoms with van der Waals surface area (Å²) in [5, 5.41) is 9.50. The van der Waals surface area contributed by atoms with Crippen LogP contribution < -0.4 is 4.74 Å². The number of nitrogens with zero attached hydrogens (tertiary/aromatic N) is 5. The van der Waals surface area contributed by atoms with Gasteiger partial charge in [0, 0.05) is 47.0 Å². The lowest BCUT2D eigenvalue weighted by Crippen LogP contribution is -2.19. The zero-order valence-electron chi connectivity index (χ0n) is 16.8. The number of hydrogen-bond donors (Lipinski definition) is 2. The van der Waals surface area contributed by atoms with Crippen molar-refractivity contribution in [3.8, 4) is 28.3 Å². The summed E-state index contributed by atoms with van der Waals surface area (Å²) in [4.78, 5) is 18.5. The average molecular weight is 399 g/mol. The van der Waals surface area contributed by atoms with Gasteiger partial charge in [-0.3, -0.25) is 15.1 Å². The van der Waals surface area contributed by atoms with Gasteiger partial charge in [-0.15, -0.1) is 0 Å². The van der Waals surface area contributed by atoms with Crippen molar-refractivity contribution in [3.63, 3.8) is 0 Å². The maximum Gasteiger partial charge on any atom is 0.181 e. The first-order valence-corrected chi connectivity index (χ1v) is 9.67. The highest BCUT2D eigenvalue weighted by molar-refractivity contribution is 5.95. The lowest BCUT2D eigenvalue weighted by atomic mass is 10.1. The first-order chi connectivity index (χ1) is 14.7. The lowest BCUT2D eigenvalue weighted by molar-refractivity contribution is 0.261. The maximum absolute atomic E-state index is 5.82. The molecular formula is C22H21N7O. The summed E-state index contributed by atoms with van der Waals surface area (Å²) >= 11 is 0. The van der Waals surface area contributed by atoms with Gasteiger partial charge in [0.05, 0.1) is 29.3 Å². The summed E-state index contributed by atoms with van der Waals surface area (Å²) < 4.78 is 5.82. The van der Waals surface area contributed by atoms with E-state index in [0.29, 0.717) is 12.3 Å². The number of H-pyrrole nitrogens is 2. The first kappa shape index (κ1) is 18.3. The van der Waals surface area contributed by atoms with Gasteiger partial charge in [0.2, 0.25) is 0 Å². The summed E-state index contributed by atoms with van der Waals surface area (Å²) in [5.74, 6) is 0.741. The minimum absolute atomic E-state index is 0.608. The van der Waals surface area contributed by atoms with E-state index < -0.39 is 0 Å². The Morgan fingerprint density at radius 3 is 2.77 bits per heavy atom. The monoisotopic (exact) mass is 399 g/mol. The Morgan fingerprint density at radius 1 is 1.00 bits per heavy atom. The van der Waals surface area contributed by atoms with Crippen LogP contribution in [0.3, 0.4) is 0 Å². The molecule has 150 valence electrons. The molecule has 8 heteroatoms. The smallest absolute Gasteiger partial charge is 0.181 e. The van der Waals surface area contributed by atoms with Gasteiger partial charge >= 0.3 is 0 Å². The molecule has 0 aliphatic heterocycles. The van der Waals surface area contributed by atoms with Crippen molar-refractivity contribution in [3.05, 3.63) is 55.2 Å². The number of pyridine rings is 3. The van der Waals surface area contributed by atoms with Crippen LogP contribution in [-0.4, -0.2) is 62.3 Å². The number of aromatic amines is 2. The number of aromatic nitrogens is 6. The van der Waals surface area contributed by atoms with Crippen molar-refractivity contribution < 1.29 is 4.74 Å². The predicted octanol–water partition coefficient (Wildman–Crippen LogP) is 3.50. The number of nitrogens with one attached hydrogen (secondary N) is 2. The van der Waals surface area contributed by atoms with Crippen LogP contribution in [0.5, 0.6) is 5.75 Å². The molecule has 5 heterocycles. The summed E-state index contributed by atoms with van der Waals surface area (Å²) in [6, 6.07) is 8.12. The second-order valence-electron chi connectivity index (χ2n) is 7.40. The lowest BCUT2D eigenvalue weighted by Gasteiger charge is -2.11. The van der Waals surface area contributed by atoms with Crippen molar-refractivity contribution in [2.45, 2.75) is 0 Å². The third kappa shape index (κ3) is 3.48. The molecule has 5 aromatic rings. The van der Waals surface area contributed by atoms with E-state index in [1.165, 1.54) is 0 Å². The molecule has 5 rings (SSSR count). The number of likely N-dealkylation sites (N-methyl/N-ethyl adjacent to an activating group) is 1. The fourth-order valence-corrected chi connectivity index (χ4v) is 3.37. The summed E-state index contributed by atoms with van der Waals surface area (Å²) in [6.07, 6.45) is 8.95. The molecule has 8 nitrogen and oxygen atoms in total. The van der Waals surface area contributed by atoms with Crippen molar-refractivity contribution in [1.82, 2.24) is 35.0 Å². The highest BCUT2D eigenvalue weighted by Crippen LogP contribution is 2.31. The minimum Gasteiger partial charge on any atom is -0.491 e. The molecule has 0 fully saturated rings. The van der Waals surface area contributed by atoms with Crippen LogP contribution in [0.1, 0.15) is 0 Å². The zero-order valence-corrected chi connectivity index (χ0v) is 16.8. The molecule has 0 saturated heterocycles. The molecule has 5 aromatic heterocycles. The molecule has 0 radical (unpaired) electrons. The fraction of sp³-hybridized carbons (Fsp3) is 0.182. The topological polar surface area (TPSA) is 95.6 Å². The van der Waals surface area contributed by atoms with E-state index in [-0.39, 0.29) is 0 Å². The van der Waals surface area contributed by atoms with Gasteiger partial charge in [-0.25, -0.2) is 4.98 Å². The molecule has 2 N–H and O–H groups in total. The summed E-state index contributed by atoms with van der Waals surface area (Å²) in [7, 11) is 4.04. The minimum atomic E-state index is 0.608. The van der Waals surface area contributed by atoms with Crippen LogP contribution in [0.4, 0.5) is 0 Å². The third-order valence-corrected chi connectivity index (χ3v) is 4.96. The molecule has 0 bridgehead atoms. The van der Waals surface area contributed by atoms with Gasteiger partial charge in [-0.1, -0.05) is 0 Å². The van der Waals surface area contributed by atoms with Crippen LogP contribution in [0.25, 0.3) is 44.5 Å². The molecule has 0 amide bonds. The van der Waals surface area contributed by atoms with Gasteiger partial charge in [0.1, 0.15) is 12.4 Å². The van der Waals surface area contributed by atoms with Crippen LogP contribution in [0, 0.1) is 0 Å². The van der Waals surface area contributed by atoms with E-state index in [2.05, 4.69) is 47.2 Å². The molecule has 0 spiro atoms. The van der Waals surface area contributed by atoms with Crippen molar-refractivity contribution in [2.24, 2.45) is 0 Å². The molecule has 30 heavy (non-hydrogen) atoms. The Balaban J connectivity index is 1.50. The summed E-state index contributed by atoms with van der Waals surface area (Å²) in [6.45, 7) is 1.45. The predicted molar refractivity (Wildman–Crippen MR) is 116 cm³/mol. The van der Waals surface area contributed by atoms with E-state index in [4.69, 9.17) is 4.74 Å². The van der Waals surface area contributed by atoms with E-state index in [1.807, 2.05) is 44.8 Å². The highest BCUT2D eigenvalue weighted by atomic mass is 16.5. The Hall–Kier alpha value is -3.78. The van der Waals surface area contributed by atoms with Crippen LogP contribution in [0.2, 0.25) is 0 Å². The van der Waals surface area contributed by atoms with Crippen molar-refractivity contribution in [1.29, 1.82) is 0 Å². The van der Waals surface area contributed by atoms with Crippen LogP contribution >= 0.6 is 0 Å². The number of fused-ring (bicyclic) bond motifs is 2. The maximum atomic E-state index is 5.82. The second kappa shape index (κ2) is 7.57. The van der Waals surface area contributed by atoms with Gasteiger partial charge in [0.25, 0.3) is 0 Å². The van der Waals surface area contributed by atoms with E-state index in [0.717, 1.165) is 51.1 Å². The molecule has 0 aliphatic rings. The Labute approximate surface area is 173 Å². The van der Waals surface area contributed by atoms with E-state index in [1.54, 1.807) is 12.4 Å². The van der Waals surface area contributed by atoms with E-state index in [9.17, 15) is 0 Å². The summed E-state index contributed by atoms with van der Waals surface area (Å²) in [5.41, 5.74) is 5.37. The normalized spacial score (nSPS) is 11.6. The Morgan fingerprint density at radius 2 is 1.90 bits per heavy atom. The second-order valence-corrected chi connectivity index (χ2v) is 7.40. The fourth-order valence-electron chi connectivity index (χ4n) is 3.37. The van der Waals surface area contributed by atoms with Gasteiger partial charge in [-0.2, -0.15) is 5.10 Å². The first-order valence-electron chi connectivity index (χ1n) is 9.67. The largest absolute Gasteiger partial charge is 0.491 e. The molecule has 0 aromatic carbocycles. The molecule has 0 aliphatic carbocycles. The molecule has 0 unspecified atom stereocenters. The number of hydrogen-bond acceptors (Lipinski definition) is 6. The third-order valence-electron chi connectivity index (χ3n) is 4.96. The van der Waals surface area contributed by atoms with Gasteiger partial charge < -0.3 is 14.6 Å². The Kier molecular flexibility index (Phi) is 4.61. The van der Waals surface area contributed by atoms with Crippen molar-refractivity contribution in [2.75, 3.05) is 27.2 Å². The zero-order chi connectivity index (χ0) is 20.5. The molecule has 0 atom stereocenters. The van der Waals surface area contributed by atoms with Gasteiger partial charge in [-0.05, 0) is 38.4 Å². The molecular weight excluding hydrogens is 378 g/mol. The highest BCUT2D eigenvalue weighted by Gasteiger charge is 2.13. The van der Waals surface area contributed by atoms with Gasteiger partial charge in [0.15, 0.2) is 5.65 Å². The van der Waals surface area contributed by atoms with Crippen molar-refractivity contribution >= 4 is 21.9 Å². The van der Waals surface area contributed by atoms with Crippen LogP contribution in [0.15, 0.2) is 55.2 Å². The average Bonchev–Trinajstić information content (AvgIpc) is 3.37. The standard InChI is InChI=1S/C22H21N7O/c1-29(2)5-6-30-17-7-15(10-24-12-17)16-8-18-21(27-28-22(18)25-11-16)19-9-14-3-4-23-13-20(14)26-19/h3-4,7-13,26H,5-6H2,1-2H3,(H,25,27,28).